The van der Waals surface area contributed by atoms with Crippen molar-refractivity contribution in [2.75, 3.05) is 47.8 Å². The summed E-state index contributed by atoms with van der Waals surface area (Å²) >= 11 is 0. The van der Waals surface area contributed by atoms with Crippen molar-refractivity contribution >= 4 is 18.0 Å². The lowest BCUT2D eigenvalue weighted by atomic mass is 9.96. The molecule has 0 saturated carbocycles. The minimum atomic E-state index is -2.33. The molecule has 0 spiro atoms. The number of esters is 2. The van der Waals surface area contributed by atoms with Crippen LogP contribution in [0, 0.1) is 0 Å². The molecule has 0 radical (unpaired) electrons. The quantitative estimate of drug-likeness (QED) is 0.0430. The maximum Gasteiger partial charge on any atom is 0.338 e. The summed E-state index contributed by atoms with van der Waals surface area (Å²) in [6.45, 7) is -1.08. The largest absolute Gasteiger partial charge is 0.504 e. The van der Waals surface area contributed by atoms with Gasteiger partial charge in [-0.25, -0.2) is 9.59 Å². The SMILES string of the molecule is COc1cc(/C=C/C(=O)OC[C@H]2O[C@@H](OCCc3ccc(O)c(O)c3)[C@H](O[C@@H]3OC[C@](O)(COC(=O)c4cc(OC)c(O)c(OC)c4)[C@H]3O)[C@@H](O[C@@H]3O[C@@H](C)[C@H](O)[C@@H](O)[C@H]3O)[C@@H]2O)ccc1O. The molecule has 3 heterocycles. The molecular weight excluding hydrogens is 896 g/mol. The van der Waals surface area contributed by atoms with Gasteiger partial charge in [-0.15, -0.1) is 0 Å². The van der Waals surface area contributed by atoms with Crippen LogP contribution in [0.3, 0.4) is 0 Å². The highest BCUT2D eigenvalue weighted by Gasteiger charge is 2.56. The molecule has 10 N–H and O–H groups in total. The summed E-state index contributed by atoms with van der Waals surface area (Å²) < 4.78 is 61.8. The molecule has 0 aliphatic carbocycles. The fourth-order valence-electron chi connectivity index (χ4n) is 7.27. The number of carbonyl (C=O) groups is 2. The van der Waals surface area contributed by atoms with Gasteiger partial charge < -0.3 is 103 Å². The minimum Gasteiger partial charge on any atom is -0.504 e. The van der Waals surface area contributed by atoms with Crippen LogP contribution in [-0.2, 0) is 49.1 Å². The Morgan fingerprint density at radius 1 is 0.731 bits per heavy atom. The van der Waals surface area contributed by atoms with Crippen LogP contribution in [0.2, 0.25) is 0 Å². The molecule has 23 nitrogen and oxygen atoms in total. The van der Waals surface area contributed by atoms with E-state index in [0.29, 0.717) is 11.1 Å². The molecule has 3 aromatic rings. The van der Waals surface area contributed by atoms with Crippen LogP contribution in [-0.4, -0.2) is 190 Å². The smallest absolute Gasteiger partial charge is 0.338 e. The molecule has 3 saturated heterocycles. The second kappa shape index (κ2) is 22.0. The summed E-state index contributed by atoms with van der Waals surface area (Å²) in [6.07, 6.45) is -18.0. The van der Waals surface area contributed by atoms with Crippen LogP contribution < -0.4 is 14.2 Å². The lowest BCUT2D eigenvalue weighted by Crippen LogP contribution is -2.65. The number of hydrogen-bond acceptors (Lipinski definition) is 23. The van der Waals surface area contributed by atoms with Gasteiger partial charge in [-0.2, -0.15) is 0 Å². The molecule has 3 aliphatic rings. The summed E-state index contributed by atoms with van der Waals surface area (Å²) in [4.78, 5) is 26.1. The van der Waals surface area contributed by atoms with Gasteiger partial charge in [0.05, 0.1) is 46.2 Å². The molecule has 23 heteroatoms. The second-order valence-electron chi connectivity index (χ2n) is 15.8. The zero-order valence-corrected chi connectivity index (χ0v) is 36.5. The number of phenolic OH excluding ortho intramolecular Hbond substituents is 4. The molecule has 13 atom stereocenters. The predicted octanol–water partition coefficient (Wildman–Crippen LogP) is -0.660. The van der Waals surface area contributed by atoms with Gasteiger partial charge in [0.25, 0.3) is 0 Å². The monoisotopic (exact) mass is 950 g/mol. The maximum atomic E-state index is 13.1. The van der Waals surface area contributed by atoms with Gasteiger partial charge >= 0.3 is 11.9 Å². The molecular formula is C44H54O23. The van der Waals surface area contributed by atoms with E-state index in [4.69, 9.17) is 52.1 Å². The van der Waals surface area contributed by atoms with Crippen molar-refractivity contribution in [3.8, 4) is 40.2 Å². The lowest BCUT2D eigenvalue weighted by molar-refractivity contribution is -0.375. The van der Waals surface area contributed by atoms with Gasteiger partial charge in [0, 0.05) is 6.08 Å². The topological polar surface area (TPSA) is 338 Å². The van der Waals surface area contributed by atoms with Crippen molar-refractivity contribution in [2.45, 2.75) is 92.8 Å². The number of ether oxygens (including phenoxy) is 11. The Kier molecular flexibility index (Phi) is 16.7. The van der Waals surface area contributed by atoms with Crippen LogP contribution in [0.1, 0.15) is 28.4 Å². The third kappa shape index (κ3) is 11.8. The third-order valence-electron chi connectivity index (χ3n) is 11.2. The van der Waals surface area contributed by atoms with E-state index in [9.17, 15) is 60.7 Å². The highest BCUT2D eigenvalue weighted by molar-refractivity contribution is 5.91. The van der Waals surface area contributed by atoms with E-state index >= 15 is 0 Å². The van der Waals surface area contributed by atoms with E-state index in [1.165, 1.54) is 70.7 Å². The average molecular weight is 951 g/mol. The number of carbonyl (C=O) groups excluding carboxylic acids is 2. The first-order valence-electron chi connectivity index (χ1n) is 20.7. The Morgan fingerprint density at radius 3 is 2.07 bits per heavy atom. The van der Waals surface area contributed by atoms with Crippen LogP contribution in [0.15, 0.2) is 54.6 Å². The van der Waals surface area contributed by atoms with Gasteiger partial charge in [0.1, 0.15) is 62.0 Å². The van der Waals surface area contributed by atoms with Gasteiger partial charge in [0.2, 0.25) is 5.75 Å². The third-order valence-corrected chi connectivity index (χ3v) is 11.2. The zero-order chi connectivity index (χ0) is 48.7. The van der Waals surface area contributed by atoms with Crippen molar-refractivity contribution in [3.63, 3.8) is 0 Å². The van der Waals surface area contributed by atoms with Crippen LogP contribution in [0.5, 0.6) is 40.2 Å². The molecule has 3 fully saturated rings. The lowest BCUT2D eigenvalue weighted by Gasteiger charge is -2.47. The van der Waals surface area contributed by atoms with E-state index < -0.39 is 117 Å². The van der Waals surface area contributed by atoms with Gasteiger partial charge in [-0.05, 0) is 66.9 Å². The van der Waals surface area contributed by atoms with Crippen LogP contribution in [0.25, 0.3) is 6.08 Å². The molecule has 0 bridgehead atoms. The van der Waals surface area contributed by atoms with Crippen molar-refractivity contribution in [2.24, 2.45) is 0 Å². The Bertz CT molecular complexity index is 2180. The number of hydrogen-bond donors (Lipinski definition) is 10. The summed E-state index contributed by atoms with van der Waals surface area (Å²) in [5.41, 5.74) is -1.54. The zero-order valence-electron chi connectivity index (χ0n) is 36.5. The summed E-state index contributed by atoms with van der Waals surface area (Å²) in [6, 6.07) is 10.7. The van der Waals surface area contributed by atoms with Gasteiger partial charge in [-0.1, -0.05) is 12.1 Å². The van der Waals surface area contributed by atoms with E-state index in [1.807, 2.05) is 0 Å². The van der Waals surface area contributed by atoms with Crippen molar-refractivity contribution in [1.29, 1.82) is 0 Å². The fourth-order valence-corrected chi connectivity index (χ4v) is 7.27. The molecule has 0 unspecified atom stereocenters. The number of aliphatic hydroxyl groups is 6. The van der Waals surface area contributed by atoms with Gasteiger partial charge in [0.15, 0.2) is 59.0 Å². The normalized spacial score (nSPS) is 30.8. The number of aliphatic hydroxyl groups excluding tert-OH is 5. The molecule has 3 aliphatic heterocycles. The molecule has 0 aromatic heterocycles. The number of rotatable bonds is 18. The van der Waals surface area contributed by atoms with Crippen LogP contribution in [0.4, 0.5) is 0 Å². The molecule has 6 rings (SSSR count). The first kappa shape index (κ1) is 50.9. The summed E-state index contributed by atoms with van der Waals surface area (Å²) in [5.74, 6) is -3.33. The minimum absolute atomic E-state index is 0.0689. The first-order chi connectivity index (χ1) is 31.9. The molecule has 0 amide bonds. The maximum absolute atomic E-state index is 13.1. The molecule has 67 heavy (non-hydrogen) atoms. The van der Waals surface area contributed by atoms with E-state index in [0.717, 1.165) is 18.2 Å². The van der Waals surface area contributed by atoms with Crippen molar-refractivity contribution in [1.82, 2.24) is 0 Å². The second-order valence-corrected chi connectivity index (χ2v) is 15.8. The van der Waals surface area contributed by atoms with Gasteiger partial charge in [-0.3, -0.25) is 0 Å². The van der Waals surface area contributed by atoms with Crippen molar-refractivity contribution < 1.29 is 113 Å². The fraction of sp³-hybridized carbons (Fsp3) is 0.500. The summed E-state index contributed by atoms with van der Waals surface area (Å²) in [5, 5.41) is 107. The Labute approximate surface area is 382 Å². The Balaban J connectivity index is 1.25. The van der Waals surface area contributed by atoms with E-state index in [-0.39, 0.29) is 53.1 Å². The Morgan fingerprint density at radius 2 is 1.40 bits per heavy atom. The standard InChI is InChI=1S/C44H54O23/c1-20-32(49)35(52)36(53)41(64-20)66-37-34(51)30(17-61-31(48)10-7-21-6-9-25(46)27(14-21)57-2)65-42(60-12-11-22-5-8-24(45)26(47)13-22)38(37)67-43-39(54)44(56,19-63-43)18-62-40(55)23-15-28(58-3)33(50)29(16-23)59-4/h5-10,13-16,20,30,32,34-39,41-43,45-47,49-54,56H,11-12,17-19H2,1-4H3/b10-7+/t20-,30+,32-,34+,35+,36+,37-,38+,39-,41-,42+,43-,44+/m0/s1. The Hall–Kier alpha value is -5.54. The molecule has 368 valence electrons. The van der Waals surface area contributed by atoms with E-state index in [2.05, 4.69) is 0 Å². The number of methoxy groups -OCH3 is 3. The summed E-state index contributed by atoms with van der Waals surface area (Å²) in [7, 11) is 3.84. The predicted molar refractivity (Wildman–Crippen MR) is 223 cm³/mol. The first-order valence-corrected chi connectivity index (χ1v) is 20.7. The average Bonchev–Trinajstić information content (AvgIpc) is 3.60. The number of phenols is 4. The number of aromatic hydroxyl groups is 4. The van der Waals surface area contributed by atoms with Crippen LogP contribution >= 0.6 is 0 Å². The highest BCUT2D eigenvalue weighted by atomic mass is 16.8. The van der Waals surface area contributed by atoms with Crippen molar-refractivity contribution in [3.05, 3.63) is 71.3 Å². The molecule has 3 aromatic carbocycles. The van der Waals surface area contributed by atoms with E-state index in [1.54, 1.807) is 0 Å². The highest BCUT2D eigenvalue weighted by Crippen LogP contribution is 2.39. The number of benzene rings is 3.